The summed E-state index contributed by atoms with van der Waals surface area (Å²) in [6.07, 6.45) is 1.10. The van der Waals surface area contributed by atoms with Crippen LogP contribution in [0.3, 0.4) is 0 Å². The molecule has 1 saturated heterocycles. The van der Waals surface area contributed by atoms with Gasteiger partial charge >= 0.3 is 0 Å². The maximum atomic E-state index is 11.9. The summed E-state index contributed by atoms with van der Waals surface area (Å²) in [6.45, 7) is 5.88. The molecule has 5 nitrogen and oxygen atoms in total. The first-order valence-electron chi connectivity index (χ1n) is 6.16. The van der Waals surface area contributed by atoms with Crippen molar-refractivity contribution in [1.82, 2.24) is 10.2 Å². The lowest BCUT2D eigenvalue weighted by Crippen LogP contribution is -2.41. The SMILES string of the molecule is CCCN1C(=O)CC(NCC(C)COC)C1=O. The Bertz CT molecular complexity index is 281. The molecule has 0 saturated carbocycles. The number of carbonyl (C=O) groups excluding carboxylic acids is 2. The topological polar surface area (TPSA) is 58.6 Å². The second-order valence-corrected chi connectivity index (χ2v) is 4.61. The molecule has 1 rings (SSSR count). The molecule has 0 bridgehead atoms. The Labute approximate surface area is 102 Å². The van der Waals surface area contributed by atoms with Gasteiger partial charge in [0.15, 0.2) is 0 Å². The van der Waals surface area contributed by atoms with Crippen LogP contribution in [0.5, 0.6) is 0 Å². The number of hydrogen-bond donors (Lipinski definition) is 1. The number of nitrogens with one attached hydrogen (secondary N) is 1. The Hall–Kier alpha value is -0.940. The van der Waals surface area contributed by atoms with Crippen molar-refractivity contribution in [3.05, 3.63) is 0 Å². The third kappa shape index (κ3) is 3.78. The van der Waals surface area contributed by atoms with Gasteiger partial charge < -0.3 is 10.1 Å². The molecule has 1 heterocycles. The Morgan fingerprint density at radius 1 is 1.53 bits per heavy atom. The second kappa shape index (κ2) is 6.71. The maximum absolute atomic E-state index is 11.9. The number of carbonyl (C=O) groups is 2. The third-order valence-corrected chi connectivity index (χ3v) is 2.86. The minimum absolute atomic E-state index is 0.0613. The summed E-state index contributed by atoms with van der Waals surface area (Å²) < 4.78 is 5.02. The minimum Gasteiger partial charge on any atom is -0.384 e. The van der Waals surface area contributed by atoms with Crippen LogP contribution in [0.15, 0.2) is 0 Å². The molecule has 98 valence electrons. The molecule has 0 aromatic rings. The van der Waals surface area contributed by atoms with Crippen LogP contribution in [0.4, 0.5) is 0 Å². The highest BCUT2D eigenvalue weighted by atomic mass is 16.5. The van der Waals surface area contributed by atoms with E-state index in [4.69, 9.17) is 4.74 Å². The van der Waals surface area contributed by atoms with Gasteiger partial charge in [0.2, 0.25) is 11.8 Å². The lowest BCUT2D eigenvalue weighted by Gasteiger charge is -2.16. The number of methoxy groups -OCH3 is 1. The highest BCUT2D eigenvalue weighted by Gasteiger charge is 2.37. The fourth-order valence-corrected chi connectivity index (χ4v) is 1.99. The highest BCUT2D eigenvalue weighted by molar-refractivity contribution is 6.05. The quantitative estimate of drug-likeness (QED) is 0.656. The van der Waals surface area contributed by atoms with Crippen molar-refractivity contribution in [1.29, 1.82) is 0 Å². The number of hydrogen-bond acceptors (Lipinski definition) is 4. The van der Waals surface area contributed by atoms with Gasteiger partial charge in [0.05, 0.1) is 12.5 Å². The molecule has 0 aromatic carbocycles. The molecule has 2 unspecified atom stereocenters. The van der Waals surface area contributed by atoms with Gasteiger partial charge in [0.1, 0.15) is 0 Å². The van der Waals surface area contributed by atoms with Crippen molar-refractivity contribution in [3.8, 4) is 0 Å². The van der Waals surface area contributed by atoms with E-state index in [1.165, 1.54) is 4.90 Å². The molecule has 2 amide bonds. The van der Waals surface area contributed by atoms with Crippen molar-refractivity contribution in [2.75, 3.05) is 26.8 Å². The molecule has 0 aromatic heterocycles. The van der Waals surface area contributed by atoms with Gasteiger partial charge in [-0.05, 0) is 12.3 Å². The zero-order valence-corrected chi connectivity index (χ0v) is 10.9. The molecule has 0 spiro atoms. The summed E-state index contributed by atoms with van der Waals surface area (Å²) in [4.78, 5) is 24.8. The first-order valence-corrected chi connectivity index (χ1v) is 6.16. The first-order chi connectivity index (χ1) is 8.10. The summed E-state index contributed by atoms with van der Waals surface area (Å²) in [6, 6.07) is -0.339. The average molecular weight is 242 g/mol. The second-order valence-electron chi connectivity index (χ2n) is 4.61. The molecule has 1 aliphatic heterocycles. The minimum atomic E-state index is -0.339. The van der Waals surface area contributed by atoms with Crippen LogP contribution in [-0.4, -0.2) is 49.6 Å². The Balaban J connectivity index is 2.41. The molecular weight excluding hydrogens is 220 g/mol. The van der Waals surface area contributed by atoms with Gasteiger partial charge in [-0.15, -0.1) is 0 Å². The van der Waals surface area contributed by atoms with Crippen molar-refractivity contribution in [2.45, 2.75) is 32.7 Å². The molecule has 0 radical (unpaired) electrons. The molecule has 1 fully saturated rings. The molecule has 1 aliphatic rings. The smallest absolute Gasteiger partial charge is 0.246 e. The summed E-state index contributed by atoms with van der Waals surface area (Å²) in [5, 5.41) is 3.14. The predicted molar refractivity (Wildman–Crippen MR) is 64.5 cm³/mol. The summed E-state index contributed by atoms with van der Waals surface area (Å²) in [5.74, 6) is 0.193. The van der Waals surface area contributed by atoms with Crippen LogP contribution in [0, 0.1) is 5.92 Å². The number of nitrogens with zero attached hydrogens (tertiary/aromatic N) is 1. The van der Waals surface area contributed by atoms with Gasteiger partial charge in [-0.2, -0.15) is 0 Å². The van der Waals surface area contributed by atoms with E-state index in [9.17, 15) is 9.59 Å². The van der Waals surface area contributed by atoms with Crippen LogP contribution < -0.4 is 5.32 Å². The lowest BCUT2D eigenvalue weighted by molar-refractivity contribution is -0.138. The number of imide groups is 1. The monoisotopic (exact) mass is 242 g/mol. The Kier molecular flexibility index (Phi) is 5.58. The highest BCUT2D eigenvalue weighted by Crippen LogP contribution is 2.13. The van der Waals surface area contributed by atoms with Crippen molar-refractivity contribution in [3.63, 3.8) is 0 Å². The van der Waals surface area contributed by atoms with Gasteiger partial charge in [0.25, 0.3) is 0 Å². The van der Waals surface area contributed by atoms with E-state index in [1.54, 1.807) is 7.11 Å². The largest absolute Gasteiger partial charge is 0.384 e. The lowest BCUT2D eigenvalue weighted by atomic mass is 10.1. The number of rotatable bonds is 7. The molecule has 5 heteroatoms. The van der Waals surface area contributed by atoms with E-state index in [2.05, 4.69) is 5.32 Å². The predicted octanol–water partition coefficient (Wildman–Crippen LogP) is 0.396. The zero-order chi connectivity index (χ0) is 12.8. The van der Waals surface area contributed by atoms with Crippen LogP contribution in [0.25, 0.3) is 0 Å². The molecular formula is C12H22N2O3. The summed E-state index contributed by atoms with van der Waals surface area (Å²) in [7, 11) is 1.66. The summed E-state index contributed by atoms with van der Waals surface area (Å²) in [5.41, 5.74) is 0. The van der Waals surface area contributed by atoms with Crippen LogP contribution in [0.2, 0.25) is 0 Å². The Morgan fingerprint density at radius 3 is 2.82 bits per heavy atom. The standard InChI is InChI=1S/C12H22N2O3/c1-4-5-14-11(15)6-10(12(14)16)13-7-9(2)8-17-3/h9-10,13H,4-8H2,1-3H3. The van der Waals surface area contributed by atoms with Gasteiger partial charge in [-0.25, -0.2) is 0 Å². The van der Waals surface area contributed by atoms with Crippen LogP contribution in [0.1, 0.15) is 26.7 Å². The fourth-order valence-electron chi connectivity index (χ4n) is 1.99. The van der Waals surface area contributed by atoms with Crippen molar-refractivity contribution < 1.29 is 14.3 Å². The number of ether oxygens (including phenoxy) is 1. The average Bonchev–Trinajstić information content (AvgIpc) is 2.55. The van der Waals surface area contributed by atoms with Crippen molar-refractivity contribution in [2.24, 2.45) is 5.92 Å². The van der Waals surface area contributed by atoms with Crippen LogP contribution >= 0.6 is 0 Å². The zero-order valence-electron chi connectivity index (χ0n) is 10.9. The van der Waals surface area contributed by atoms with Gasteiger partial charge in [0, 0.05) is 26.8 Å². The molecule has 1 N–H and O–H groups in total. The summed E-state index contributed by atoms with van der Waals surface area (Å²) >= 11 is 0. The fraction of sp³-hybridized carbons (Fsp3) is 0.833. The van der Waals surface area contributed by atoms with E-state index >= 15 is 0 Å². The van der Waals surface area contributed by atoms with E-state index in [0.717, 1.165) is 6.42 Å². The maximum Gasteiger partial charge on any atom is 0.246 e. The Morgan fingerprint density at radius 2 is 2.24 bits per heavy atom. The molecule has 17 heavy (non-hydrogen) atoms. The van der Waals surface area contributed by atoms with E-state index in [-0.39, 0.29) is 17.9 Å². The van der Waals surface area contributed by atoms with E-state index < -0.39 is 0 Å². The molecule has 0 aliphatic carbocycles. The van der Waals surface area contributed by atoms with Crippen LogP contribution in [-0.2, 0) is 14.3 Å². The van der Waals surface area contributed by atoms with E-state index in [1.807, 2.05) is 13.8 Å². The van der Waals surface area contributed by atoms with Gasteiger partial charge in [-0.1, -0.05) is 13.8 Å². The molecule has 2 atom stereocenters. The third-order valence-electron chi connectivity index (χ3n) is 2.86. The van der Waals surface area contributed by atoms with Crippen molar-refractivity contribution >= 4 is 11.8 Å². The first kappa shape index (κ1) is 14.1. The van der Waals surface area contributed by atoms with E-state index in [0.29, 0.717) is 32.0 Å². The normalized spacial score (nSPS) is 22.3. The number of amides is 2. The van der Waals surface area contributed by atoms with Gasteiger partial charge in [-0.3, -0.25) is 14.5 Å². The number of likely N-dealkylation sites (tertiary alicyclic amines) is 1.